The van der Waals surface area contributed by atoms with Crippen LogP contribution in [0.1, 0.15) is 41.4 Å². The first-order chi connectivity index (χ1) is 13.4. The van der Waals surface area contributed by atoms with Gasteiger partial charge in [-0.15, -0.1) is 0 Å². The molecule has 2 aromatic rings. The summed E-state index contributed by atoms with van der Waals surface area (Å²) >= 11 is 5.84. The maximum absolute atomic E-state index is 11.9. The number of carbonyl (C=O) groups is 2. The quantitative estimate of drug-likeness (QED) is 0.538. The number of carbonyl (C=O) groups excluding carboxylic acids is 2. The van der Waals surface area contributed by atoms with E-state index in [4.69, 9.17) is 16.3 Å². The van der Waals surface area contributed by atoms with Gasteiger partial charge in [0.2, 0.25) is 0 Å². The van der Waals surface area contributed by atoms with Crippen LogP contribution in [0.2, 0.25) is 5.02 Å². The average molecular weight is 401 g/mol. The van der Waals surface area contributed by atoms with E-state index >= 15 is 0 Å². The first kappa shape index (κ1) is 20.2. The van der Waals surface area contributed by atoms with Gasteiger partial charge in [0.1, 0.15) is 0 Å². The molecule has 0 atom stereocenters. The van der Waals surface area contributed by atoms with Gasteiger partial charge in [-0.1, -0.05) is 23.7 Å². The van der Waals surface area contributed by atoms with Crippen molar-refractivity contribution in [2.24, 2.45) is 0 Å². The van der Waals surface area contributed by atoms with E-state index in [9.17, 15) is 9.59 Å². The molecule has 1 aromatic heterocycles. The fraction of sp³-hybridized carbons (Fsp3) is 0.364. The smallest absolute Gasteiger partial charge is 0.331 e. The molecule has 0 radical (unpaired) electrons. The summed E-state index contributed by atoms with van der Waals surface area (Å²) < 4.78 is 7.34. The molecule has 1 N–H and O–H groups in total. The number of benzene rings is 1. The van der Waals surface area contributed by atoms with E-state index in [1.165, 1.54) is 24.6 Å². The summed E-state index contributed by atoms with van der Waals surface area (Å²) in [6.07, 6.45) is 6.25. The monoisotopic (exact) mass is 400 g/mol. The van der Waals surface area contributed by atoms with Crippen molar-refractivity contribution in [1.29, 1.82) is 0 Å². The van der Waals surface area contributed by atoms with E-state index in [2.05, 4.69) is 29.8 Å². The zero-order valence-corrected chi connectivity index (χ0v) is 17.0. The maximum Gasteiger partial charge on any atom is 0.331 e. The van der Waals surface area contributed by atoms with E-state index < -0.39 is 5.97 Å². The molecule has 0 saturated heterocycles. The number of nitrogens with zero attached hydrogens (tertiary/aromatic N) is 1. The van der Waals surface area contributed by atoms with Gasteiger partial charge in [0, 0.05) is 35.1 Å². The normalized spacial score (nSPS) is 13.7. The number of aromatic nitrogens is 1. The SMILES string of the molecule is Cc1cc(/C=C/C(=O)OCC(=O)NCCc2ccc(Cl)cc2)c(C)n1C1CC1. The lowest BCUT2D eigenvalue weighted by atomic mass is 10.1. The summed E-state index contributed by atoms with van der Waals surface area (Å²) in [5.41, 5.74) is 4.44. The molecule has 1 fully saturated rings. The average Bonchev–Trinajstić information content (AvgIpc) is 3.45. The van der Waals surface area contributed by atoms with Crippen LogP contribution in [0, 0.1) is 13.8 Å². The highest BCUT2D eigenvalue weighted by atomic mass is 35.5. The molecule has 6 heteroatoms. The topological polar surface area (TPSA) is 60.3 Å². The van der Waals surface area contributed by atoms with Crippen molar-refractivity contribution in [2.45, 2.75) is 39.2 Å². The number of esters is 1. The van der Waals surface area contributed by atoms with Gasteiger partial charge in [-0.25, -0.2) is 4.79 Å². The van der Waals surface area contributed by atoms with Gasteiger partial charge in [-0.05, 0) is 68.5 Å². The lowest BCUT2D eigenvalue weighted by molar-refractivity contribution is -0.143. The van der Waals surface area contributed by atoms with Gasteiger partial charge < -0.3 is 14.6 Å². The lowest BCUT2D eigenvalue weighted by Gasteiger charge is -2.06. The lowest BCUT2D eigenvalue weighted by Crippen LogP contribution is -2.30. The number of aryl methyl sites for hydroxylation is 1. The van der Waals surface area contributed by atoms with Gasteiger partial charge in [0.15, 0.2) is 6.61 Å². The molecule has 1 amide bonds. The zero-order valence-electron chi connectivity index (χ0n) is 16.2. The van der Waals surface area contributed by atoms with Crippen LogP contribution in [0.25, 0.3) is 6.08 Å². The number of hydrogen-bond acceptors (Lipinski definition) is 3. The Morgan fingerprint density at radius 2 is 1.96 bits per heavy atom. The van der Waals surface area contributed by atoms with Gasteiger partial charge in [0.05, 0.1) is 0 Å². The Balaban J connectivity index is 1.40. The second kappa shape index (κ2) is 9.11. The molecule has 0 unspecified atom stereocenters. The summed E-state index contributed by atoms with van der Waals surface area (Å²) in [4.78, 5) is 23.7. The van der Waals surface area contributed by atoms with Crippen LogP contribution in [0.3, 0.4) is 0 Å². The minimum absolute atomic E-state index is 0.287. The first-order valence-electron chi connectivity index (χ1n) is 9.48. The Morgan fingerprint density at radius 3 is 2.64 bits per heavy atom. The molecule has 0 spiro atoms. The van der Waals surface area contributed by atoms with Gasteiger partial charge in [-0.3, -0.25) is 4.79 Å². The predicted octanol–water partition coefficient (Wildman–Crippen LogP) is 4.01. The standard InChI is InChI=1S/C22H25ClN2O3/c1-15-13-18(16(2)25(15)20-8-9-20)5-10-22(27)28-14-21(26)24-12-11-17-3-6-19(23)7-4-17/h3-7,10,13,20H,8-9,11-12,14H2,1-2H3,(H,24,26)/b10-5+. The van der Waals surface area contributed by atoms with Crippen molar-refractivity contribution in [2.75, 3.05) is 13.2 Å². The maximum atomic E-state index is 11.9. The molecule has 0 bridgehead atoms. The first-order valence-corrected chi connectivity index (χ1v) is 9.86. The number of nitrogens with one attached hydrogen (secondary N) is 1. The van der Waals surface area contributed by atoms with Crippen molar-refractivity contribution in [1.82, 2.24) is 9.88 Å². The molecule has 1 aliphatic carbocycles. The number of rotatable bonds is 8. The van der Waals surface area contributed by atoms with Crippen molar-refractivity contribution in [3.63, 3.8) is 0 Å². The highest BCUT2D eigenvalue weighted by Crippen LogP contribution is 2.38. The molecule has 1 heterocycles. The molecule has 1 saturated carbocycles. The fourth-order valence-electron chi connectivity index (χ4n) is 3.26. The minimum atomic E-state index is -0.524. The second-order valence-electron chi connectivity index (χ2n) is 7.10. The van der Waals surface area contributed by atoms with Crippen LogP contribution < -0.4 is 5.32 Å². The zero-order chi connectivity index (χ0) is 20.1. The number of amides is 1. The molecular weight excluding hydrogens is 376 g/mol. The second-order valence-corrected chi connectivity index (χ2v) is 7.53. The molecule has 28 heavy (non-hydrogen) atoms. The van der Waals surface area contributed by atoms with Crippen LogP contribution in [-0.4, -0.2) is 29.6 Å². The van der Waals surface area contributed by atoms with Crippen LogP contribution in [0.4, 0.5) is 0 Å². The van der Waals surface area contributed by atoms with Crippen molar-refractivity contribution in [3.05, 3.63) is 63.9 Å². The van der Waals surface area contributed by atoms with Crippen LogP contribution in [-0.2, 0) is 20.7 Å². The molecule has 3 rings (SSSR count). The van der Waals surface area contributed by atoms with Crippen molar-refractivity contribution >= 4 is 29.6 Å². The number of halogens is 1. The van der Waals surface area contributed by atoms with Crippen molar-refractivity contribution in [3.8, 4) is 0 Å². The van der Waals surface area contributed by atoms with Crippen LogP contribution >= 0.6 is 11.6 Å². The van der Waals surface area contributed by atoms with Crippen LogP contribution in [0.5, 0.6) is 0 Å². The summed E-state index contributed by atoms with van der Waals surface area (Å²) in [7, 11) is 0. The summed E-state index contributed by atoms with van der Waals surface area (Å²) in [5.74, 6) is -0.841. The summed E-state index contributed by atoms with van der Waals surface area (Å²) in [6.45, 7) is 4.33. The molecule has 0 aliphatic heterocycles. The minimum Gasteiger partial charge on any atom is -0.452 e. The van der Waals surface area contributed by atoms with E-state index in [0.29, 0.717) is 24.0 Å². The Hall–Kier alpha value is -2.53. The molecule has 5 nitrogen and oxygen atoms in total. The fourth-order valence-corrected chi connectivity index (χ4v) is 3.38. The third kappa shape index (κ3) is 5.49. The highest BCUT2D eigenvalue weighted by Gasteiger charge is 2.26. The number of hydrogen-bond donors (Lipinski definition) is 1. The molecule has 148 valence electrons. The van der Waals surface area contributed by atoms with Gasteiger partial charge >= 0.3 is 5.97 Å². The Bertz CT molecular complexity index is 880. The summed E-state index contributed by atoms with van der Waals surface area (Å²) in [6, 6.07) is 10.1. The largest absolute Gasteiger partial charge is 0.452 e. The molecular formula is C22H25ClN2O3. The molecule has 1 aliphatic rings. The Morgan fingerprint density at radius 1 is 1.25 bits per heavy atom. The third-order valence-corrected chi connectivity index (χ3v) is 5.08. The van der Waals surface area contributed by atoms with E-state index in [0.717, 1.165) is 16.8 Å². The number of ether oxygens (including phenoxy) is 1. The predicted molar refractivity (Wildman–Crippen MR) is 110 cm³/mol. The van der Waals surface area contributed by atoms with E-state index in [1.54, 1.807) is 6.08 Å². The Labute approximate surface area is 170 Å². The highest BCUT2D eigenvalue weighted by molar-refractivity contribution is 6.30. The van der Waals surface area contributed by atoms with Crippen molar-refractivity contribution < 1.29 is 14.3 Å². The Kier molecular flexibility index (Phi) is 6.57. The van der Waals surface area contributed by atoms with Gasteiger partial charge in [0.25, 0.3) is 5.91 Å². The van der Waals surface area contributed by atoms with E-state index in [-0.39, 0.29) is 12.5 Å². The third-order valence-electron chi connectivity index (χ3n) is 4.83. The summed E-state index contributed by atoms with van der Waals surface area (Å²) in [5, 5.41) is 3.42. The van der Waals surface area contributed by atoms with Gasteiger partial charge in [-0.2, -0.15) is 0 Å². The van der Waals surface area contributed by atoms with E-state index in [1.807, 2.05) is 24.3 Å². The van der Waals surface area contributed by atoms with Crippen LogP contribution in [0.15, 0.2) is 36.4 Å². The molecule has 1 aromatic carbocycles.